The summed E-state index contributed by atoms with van der Waals surface area (Å²) in [5.41, 5.74) is -0.220. The van der Waals surface area contributed by atoms with Gasteiger partial charge in [0.15, 0.2) is 0 Å². The molecule has 1 aromatic rings. The summed E-state index contributed by atoms with van der Waals surface area (Å²) in [6, 6.07) is 9.12. The van der Waals surface area contributed by atoms with Gasteiger partial charge in [-0.25, -0.2) is 13.1 Å². The molecule has 0 spiro atoms. The molecule has 0 fully saturated rings. The Hall–Kier alpha value is -0.910. The van der Waals surface area contributed by atoms with E-state index in [-0.39, 0.29) is 12.4 Å². The Balaban J connectivity index is 2.87. The number of aliphatic hydroxyl groups is 1. The Morgan fingerprint density at radius 3 is 2.32 bits per heavy atom. The van der Waals surface area contributed by atoms with E-state index >= 15 is 0 Å². The Bertz CT molecular complexity index is 485. The van der Waals surface area contributed by atoms with Gasteiger partial charge in [0.1, 0.15) is 0 Å². The highest BCUT2D eigenvalue weighted by molar-refractivity contribution is 7.89. The molecule has 108 valence electrons. The standard InChI is InChI=1S/C14H23NO3S/c1-12(2)9-10-19(17,18)15-14(3,11-16)13-7-5-4-6-8-13/h4-8,12,15-16H,9-11H2,1-3H3. The summed E-state index contributed by atoms with van der Waals surface area (Å²) < 4.78 is 26.7. The molecule has 1 aromatic carbocycles. The Labute approximate surface area is 115 Å². The van der Waals surface area contributed by atoms with Gasteiger partial charge in [0.05, 0.1) is 17.9 Å². The molecule has 5 heteroatoms. The van der Waals surface area contributed by atoms with Crippen LogP contribution in [-0.4, -0.2) is 25.9 Å². The average Bonchev–Trinajstić information content (AvgIpc) is 2.37. The Morgan fingerprint density at radius 1 is 1.26 bits per heavy atom. The van der Waals surface area contributed by atoms with Crippen LogP contribution in [0.4, 0.5) is 0 Å². The van der Waals surface area contributed by atoms with Crippen molar-refractivity contribution in [2.24, 2.45) is 5.92 Å². The van der Waals surface area contributed by atoms with E-state index in [2.05, 4.69) is 4.72 Å². The fourth-order valence-corrected chi connectivity index (χ4v) is 3.53. The van der Waals surface area contributed by atoms with E-state index < -0.39 is 15.6 Å². The lowest BCUT2D eigenvalue weighted by atomic mass is 9.94. The summed E-state index contributed by atoms with van der Waals surface area (Å²) in [7, 11) is -3.40. The maximum atomic E-state index is 12.1. The van der Waals surface area contributed by atoms with Gasteiger partial charge in [0, 0.05) is 0 Å². The molecule has 19 heavy (non-hydrogen) atoms. The number of rotatable bonds is 7. The number of nitrogens with one attached hydrogen (secondary N) is 1. The molecule has 0 saturated carbocycles. The molecule has 2 N–H and O–H groups in total. The summed E-state index contributed by atoms with van der Waals surface area (Å²) in [4.78, 5) is 0. The lowest BCUT2D eigenvalue weighted by molar-refractivity contribution is 0.196. The molecule has 0 saturated heterocycles. The zero-order valence-electron chi connectivity index (χ0n) is 11.8. The van der Waals surface area contributed by atoms with Gasteiger partial charge >= 0.3 is 0 Å². The van der Waals surface area contributed by atoms with Crippen LogP contribution >= 0.6 is 0 Å². The second-order valence-corrected chi connectivity index (χ2v) is 7.30. The first kappa shape index (κ1) is 16.1. The van der Waals surface area contributed by atoms with Crippen LogP contribution in [0.1, 0.15) is 32.8 Å². The first-order chi connectivity index (χ1) is 8.79. The van der Waals surface area contributed by atoms with Gasteiger partial charge in [-0.3, -0.25) is 0 Å². The first-order valence-electron chi connectivity index (χ1n) is 6.47. The number of aliphatic hydroxyl groups excluding tert-OH is 1. The van der Waals surface area contributed by atoms with Gasteiger partial charge in [-0.1, -0.05) is 44.2 Å². The van der Waals surface area contributed by atoms with Crippen molar-refractivity contribution in [3.8, 4) is 0 Å². The average molecular weight is 285 g/mol. The minimum atomic E-state index is -3.40. The van der Waals surface area contributed by atoms with Crippen molar-refractivity contribution in [2.75, 3.05) is 12.4 Å². The highest BCUT2D eigenvalue weighted by Crippen LogP contribution is 2.21. The number of benzene rings is 1. The predicted molar refractivity (Wildman–Crippen MR) is 77.3 cm³/mol. The van der Waals surface area contributed by atoms with Gasteiger partial charge < -0.3 is 5.11 Å². The third-order valence-corrected chi connectivity index (χ3v) is 4.61. The van der Waals surface area contributed by atoms with Crippen LogP contribution in [0.3, 0.4) is 0 Å². The minimum Gasteiger partial charge on any atom is -0.394 e. The topological polar surface area (TPSA) is 66.4 Å². The fourth-order valence-electron chi connectivity index (χ4n) is 1.77. The highest BCUT2D eigenvalue weighted by Gasteiger charge is 2.30. The first-order valence-corrected chi connectivity index (χ1v) is 8.12. The maximum Gasteiger partial charge on any atom is 0.212 e. The summed E-state index contributed by atoms with van der Waals surface area (Å²) in [5.74, 6) is 0.404. The molecule has 0 aliphatic carbocycles. The smallest absolute Gasteiger partial charge is 0.212 e. The van der Waals surface area contributed by atoms with Crippen LogP contribution < -0.4 is 4.72 Å². The SMILES string of the molecule is CC(C)CCS(=O)(=O)NC(C)(CO)c1ccccc1. The molecule has 0 radical (unpaired) electrons. The number of sulfonamides is 1. The zero-order valence-corrected chi connectivity index (χ0v) is 12.6. The van der Waals surface area contributed by atoms with Crippen molar-refractivity contribution in [2.45, 2.75) is 32.7 Å². The summed E-state index contributed by atoms with van der Waals surface area (Å²) >= 11 is 0. The van der Waals surface area contributed by atoms with Crippen molar-refractivity contribution in [1.82, 2.24) is 4.72 Å². The highest BCUT2D eigenvalue weighted by atomic mass is 32.2. The molecule has 0 bridgehead atoms. The van der Waals surface area contributed by atoms with E-state index in [0.717, 1.165) is 5.56 Å². The zero-order chi connectivity index (χ0) is 14.5. The van der Waals surface area contributed by atoms with Gasteiger partial charge in [-0.05, 0) is 24.8 Å². The fraction of sp³-hybridized carbons (Fsp3) is 0.571. The van der Waals surface area contributed by atoms with Crippen molar-refractivity contribution < 1.29 is 13.5 Å². The summed E-state index contributed by atoms with van der Waals surface area (Å²) in [5, 5.41) is 9.55. The minimum absolute atomic E-state index is 0.0765. The molecule has 0 aliphatic rings. The van der Waals surface area contributed by atoms with E-state index in [1.807, 2.05) is 32.0 Å². The normalized spacial score (nSPS) is 15.4. The van der Waals surface area contributed by atoms with E-state index in [0.29, 0.717) is 12.3 Å². The maximum absolute atomic E-state index is 12.1. The summed E-state index contributed by atoms with van der Waals surface area (Å²) in [6.07, 6.45) is 0.603. The van der Waals surface area contributed by atoms with E-state index in [1.54, 1.807) is 19.1 Å². The molecular formula is C14H23NO3S. The second kappa shape index (κ2) is 6.50. The number of hydrogen-bond acceptors (Lipinski definition) is 3. The second-order valence-electron chi connectivity index (χ2n) is 5.46. The molecular weight excluding hydrogens is 262 g/mol. The predicted octanol–water partition coefficient (Wildman–Crippen LogP) is 1.86. The van der Waals surface area contributed by atoms with E-state index in [4.69, 9.17) is 0 Å². The molecule has 1 atom stereocenters. The van der Waals surface area contributed by atoms with Crippen LogP contribution in [0, 0.1) is 5.92 Å². The van der Waals surface area contributed by atoms with Crippen LogP contribution in [0.2, 0.25) is 0 Å². The van der Waals surface area contributed by atoms with Crippen molar-refractivity contribution in [3.63, 3.8) is 0 Å². The largest absolute Gasteiger partial charge is 0.394 e. The monoisotopic (exact) mass is 285 g/mol. The summed E-state index contributed by atoms with van der Waals surface area (Å²) in [6.45, 7) is 5.38. The van der Waals surface area contributed by atoms with Crippen molar-refractivity contribution in [1.29, 1.82) is 0 Å². The third kappa shape index (κ3) is 4.93. The van der Waals surface area contributed by atoms with E-state index in [9.17, 15) is 13.5 Å². The van der Waals surface area contributed by atoms with Gasteiger partial charge in [0.2, 0.25) is 10.0 Å². The van der Waals surface area contributed by atoms with Crippen LogP contribution in [-0.2, 0) is 15.6 Å². The lowest BCUT2D eigenvalue weighted by Gasteiger charge is -2.29. The quantitative estimate of drug-likeness (QED) is 0.803. The molecule has 1 unspecified atom stereocenters. The third-order valence-electron chi connectivity index (χ3n) is 3.07. The van der Waals surface area contributed by atoms with Gasteiger partial charge in [-0.15, -0.1) is 0 Å². The van der Waals surface area contributed by atoms with Crippen LogP contribution in [0.5, 0.6) is 0 Å². The number of hydrogen-bond donors (Lipinski definition) is 2. The molecule has 0 aromatic heterocycles. The molecule has 4 nitrogen and oxygen atoms in total. The van der Waals surface area contributed by atoms with Crippen molar-refractivity contribution >= 4 is 10.0 Å². The molecule has 0 heterocycles. The Morgan fingerprint density at radius 2 is 1.84 bits per heavy atom. The molecule has 0 amide bonds. The van der Waals surface area contributed by atoms with Gasteiger partial charge in [-0.2, -0.15) is 0 Å². The molecule has 0 aliphatic heterocycles. The van der Waals surface area contributed by atoms with Crippen molar-refractivity contribution in [3.05, 3.63) is 35.9 Å². The van der Waals surface area contributed by atoms with E-state index in [1.165, 1.54) is 0 Å². The van der Waals surface area contributed by atoms with Crippen LogP contribution in [0.25, 0.3) is 0 Å². The Kier molecular flexibility index (Phi) is 5.52. The molecule has 1 rings (SSSR count). The van der Waals surface area contributed by atoms with Gasteiger partial charge in [0.25, 0.3) is 0 Å². The lowest BCUT2D eigenvalue weighted by Crippen LogP contribution is -2.47. The van der Waals surface area contributed by atoms with Crippen LogP contribution in [0.15, 0.2) is 30.3 Å².